The molecule has 0 radical (unpaired) electrons. The van der Waals surface area contributed by atoms with E-state index >= 15 is 0 Å². The Morgan fingerprint density at radius 2 is 1.72 bits per heavy atom. The van der Waals surface area contributed by atoms with Crippen LogP contribution in [0, 0.1) is 5.92 Å². The Hall–Kier alpha value is -3.46. The second kappa shape index (κ2) is 7.51. The minimum atomic E-state index is 0.0268. The van der Waals surface area contributed by atoms with Gasteiger partial charge in [0, 0.05) is 22.9 Å². The van der Waals surface area contributed by atoms with Crippen LogP contribution in [0.2, 0.25) is 0 Å². The molecule has 0 fully saturated rings. The zero-order chi connectivity index (χ0) is 19.6. The number of fused-ring (bicyclic) bond motifs is 2. The van der Waals surface area contributed by atoms with E-state index in [0.717, 1.165) is 41.3 Å². The van der Waals surface area contributed by atoms with Crippen LogP contribution in [0.25, 0.3) is 10.9 Å². The zero-order valence-electron chi connectivity index (χ0n) is 16.0. The van der Waals surface area contributed by atoms with Gasteiger partial charge in [0.05, 0.1) is 5.52 Å². The highest BCUT2D eigenvalue weighted by Gasteiger charge is 2.28. The van der Waals surface area contributed by atoms with Crippen molar-refractivity contribution in [1.29, 1.82) is 0 Å². The lowest BCUT2D eigenvalue weighted by Crippen LogP contribution is -2.24. The lowest BCUT2D eigenvalue weighted by atomic mass is 9.79. The number of rotatable bonds is 4. The summed E-state index contributed by atoms with van der Waals surface area (Å²) in [5.74, 6) is 1.43. The van der Waals surface area contributed by atoms with Gasteiger partial charge in [-0.1, -0.05) is 54.6 Å². The van der Waals surface area contributed by atoms with Gasteiger partial charge in [0.15, 0.2) is 5.78 Å². The average Bonchev–Trinajstić information content (AvgIpc) is 2.77. The van der Waals surface area contributed by atoms with Crippen molar-refractivity contribution in [3.05, 3.63) is 102 Å². The topological polar surface area (TPSA) is 39.2 Å². The number of para-hydroxylation sites is 1. The molecule has 1 aliphatic rings. The van der Waals surface area contributed by atoms with E-state index in [0.29, 0.717) is 11.6 Å². The first kappa shape index (κ1) is 17.6. The zero-order valence-corrected chi connectivity index (χ0v) is 16.0. The molecular weight excluding hydrogens is 358 g/mol. The van der Waals surface area contributed by atoms with Gasteiger partial charge >= 0.3 is 0 Å². The number of ketones is 1. The second-order valence-corrected chi connectivity index (χ2v) is 7.55. The quantitative estimate of drug-likeness (QED) is 0.435. The normalized spacial score (nSPS) is 15.9. The van der Waals surface area contributed by atoms with Crippen molar-refractivity contribution in [2.45, 2.75) is 19.3 Å². The molecule has 29 heavy (non-hydrogen) atoms. The third-order valence-corrected chi connectivity index (χ3v) is 5.60. The van der Waals surface area contributed by atoms with E-state index in [-0.39, 0.29) is 11.7 Å². The van der Waals surface area contributed by atoms with E-state index in [9.17, 15) is 4.79 Å². The Kier molecular flexibility index (Phi) is 4.57. The van der Waals surface area contributed by atoms with Crippen LogP contribution < -0.4 is 4.74 Å². The molecular formula is C26H21NO2. The van der Waals surface area contributed by atoms with E-state index in [1.165, 1.54) is 5.56 Å². The van der Waals surface area contributed by atoms with Crippen molar-refractivity contribution < 1.29 is 9.53 Å². The Labute approximate surface area is 170 Å². The van der Waals surface area contributed by atoms with E-state index in [1.54, 1.807) is 0 Å². The molecule has 0 N–H and O–H groups in total. The van der Waals surface area contributed by atoms with Gasteiger partial charge in [-0.2, -0.15) is 0 Å². The molecule has 0 spiro atoms. The summed E-state index contributed by atoms with van der Waals surface area (Å²) in [6.07, 6.45) is 2.61. The number of carbonyl (C=O) groups is 1. The number of aryl methyl sites for hydroxylation is 1. The largest absolute Gasteiger partial charge is 0.439 e. The van der Waals surface area contributed by atoms with Crippen LogP contribution in [0.15, 0.2) is 84.9 Å². The fourth-order valence-electron chi connectivity index (χ4n) is 4.07. The van der Waals surface area contributed by atoms with Crippen molar-refractivity contribution in [2.24, 2.45) is 5.92 Å². The highest BCUT2D eigenvalue weighted by molar-refractivity contribution is 6.00. The number of carbonyl (C=O) groups excluding carboxylic acids is 1. The highest BCUT2D eigenvalue weighted by atomic mass is 16.5. The molecule has 1 heterocycles. The monoisotopic (exact) mass is 379 g/mol. The maximum atomic E-state index is 13.1. The van der Waals surface area contributed by atoms with Crippen LogP contribution in [-0.2, 0) is 12.8 Å². The summed E-state index contributed by atoms with van der Waals surface area (Å²) >= 11 is 0. The van der Waals surface area contributed by atoms with Gasteiger partial charge in [-0.25, -0.2) is 4.98 Å². The number of benzene rings is 3. The summed E-state index contributed by atoms with van der Waals surface area (Å²) in [6.45, 7) is 0. The molecule has 5 rings (SSSR count). The number of nitrogens with zero attached hydrogens (tertiary/aromatic N) is 1. The summed E-state index contributed by atoms with van der Waals surface area (Å²) in [5, 5.41) is 1.07. The van der Waals surface area contributed by atoms with Crippen LogP contribution in [0.5, 0.6) is 11.6 Å². The lowest BCUT2D eigenvalue weighted by molar-refractivity contribution is 0.0901. The highest BCUT2D eigenvalue weighted by Crippen LogP contribution is 2.32. The van der Waals surface area contributed by atoms with E-state index in [2.05, 4.69) is 17.1 Å². The van der Waals surface area contributed by atoms with Crippen LogP contribution >= 0.6 is 0 Å². The lowest BCUT2D eigenvalue weighted by Gasteiger charge is -2.24. The third kappa shape index (κ3) is 3.64. The first-order valence-corrected chi connectivity index (χ1v) is 10.0. The molecule has 3 nitrogen and oxygen atoms in total. The molecule has 1 aliphatic carbocycles. The van der Waals surface area contributed by atoms with Gasteiger partial charge in [0.2, 0.25) is 5.88 Å². The van der Waals surface area contributed by atoms with Gasteiger partial charge < -0.3 is 4.74 Å². The number of hydrogen-bond donors (Lipinski definition) is 0. The summed E-state index contributed by atoms with van der Waals surface area (Å²) in [7, 11) is 0. The van der Waals surface area contributed by atoms with Gasteiger partial charge in [0.1, 0.15) is 5.75 Å². The maximum absolute atomic E-state index is 13.1. The number of hydrogen-bond acceptors (Lipinski definition) is 3. The van der Waals surface area contributed by atoms with Gasteiger partial charge in [-0.3, -0.25) is 4.79 Å². The number of ether oxygens (including phenoxy) is 1. The van der Waals surface area contributed by atoms with Crippen molar-refractivity contribution in [3.8, 4) is 11.6 Å². The predicted octanol–water partition coefficient (Wildman–Crippen LogP) is 6.01. The number of pyridine rings is 1. The first-order chi connectivity index (χ1) is 14.3. The average molecular weight is 379 g/mol. The second-order valence-electron chi connectivity index (χ2n) is 7.55. The Morgan fingerprint density at radius 3 is 2.62 bits per heavy atom. The summed E-state index contributed by atoms with van der Waals surface area (Å²) in [6, 6.07) is 27.9. The van der Waals surface area contributed by atoms with Gasteiger partial charge in [0.25, 0.3) is 0 Å². The molecule has 0 saturated heterocycles. The SMILES string of the molecule is O=C1c2cc(Oc3ccc4ccccc4n3)ccc2CCC1Cc1ccccc1. The van der Waals surface area contributed by atoms with Crippen molar-refractivity contribution in [3.63, 3.8) is 0 Å². The first-order valence-electron chi connectivity index (χ1n) is 10.0. The number of Topliss-reactive ketones (excluding diaryl/α,β-unsaturated/α-hetero) is 1. The van der Waals surface area contributed by atoms with Crippen LogP contribution in [0.4, 0.5) is 0 Å². The minimum Gasteiger partial charge on any atom is -0.439 e. The molecule has 1 aromatic heterocycles. The Morgan fingerprint density at radius 1 is 0.897 bits per heavy atom. The predicted molar refractivity (Wildman–Crippen MR) is 115 cm³/mol. The molecule has 4 aromatic rings. The maximum Gasteiger partial charge on any atom is 0.219 e. The van der Waals surface area contributed by atoms with Crippen molar-refractivity contribution >= 4 is 16.7 Å². The molecule has 0 amide bonds. The molecule has 0 aliphatic heterocycles. The fourth-order valence-corrected chi connectivity index (χ4v) is 4.07. The molecule has 1 atom stereocenters. The van der Waals surface area contributed by atoms with Crippen LogP contribution in [-0.4, -0.2) is 10.8 Å². The summed E-state index contributed by atoms with van der Waals surface area (Å²) in [4.78, 5) is 17.7. The minimum absolute atomic E-state index is 0.0268. The molecule has 0 bridgehead atoms. The Bertz CT molecular complexity index is 1180. The van der Waals surface area contributed by atoms with Crippen molar-refractivity contribution in [2.75, 3.05) is 0 Å². The third-order valence-electron chi connectivity index (χ3n) is 5.60. The molecule has 3 aromatic carbocycles. The standard InChI is InChI=1S/C26H21NO2/c28-26-21(16-18-6-2-1-3-7-18)11-10-19-12-14-22(17-23(19)26)29-25-15-13-20-8-4-5-9-24(20)27-25/h1-9,12-15,17,21H,10-11,16H2. The summed E-state index contributed by atoms with van der Waals surface area (Å²) in [5.41, 5.74) is 4.00. The molecule has 3 heteroatoms. The van der Waals surface area contributed by atoms with Crippen molar-refractivity contribution in [1.82, 2.24) is 4.98 Å². The summed E-state index contributed by atoms with van der Waals surface area (Å²) < 4.78 is 5.99. The number of aromatic nitrogens is 1. The van der Waals surface area contributed by atoms with Crippen LogP contribution in [0.3, 0.4) is 0 Å². The van der Waals surface area contributed by atoms with E-state index in [1.807, 2.05) is 72.8 Å². The molecule has 1 unspecified atom stereocenters. The van der Waals surface area contributed by atoms with Gasteiger partial charge in [-0.05, 0) is 54.7 Å². The fraction of sp³-hybridized carbons (Fsp3) is 0.154. The van der Waals surface area contributed by atoms with E-state index < -0.39 is 0 Å². The smallest absolute Gasteiger partial charge is 0.219 e. The molecule has 142 valence electrons. The van der Waals surface area contributed by atoms with Crippen LogP contribution in [0.1, 0.15) is 27.9 Å². The molecule has 0 saturated carbocycles. The Balaban J connectivity index is 1.39. The van der Waals surface area contributed by atoms with Gasteiger partial charge in [-0.15, -0.1) is 0 Å². The van der Waals surface area contributed by atoms with E-state index in [4.69, 9.17) is 4.74 Å².